The summed E-state index contributed by atoms with van der Waals surface area (Å²) in [6.07, 6.45) is 12.9. The molecule has 2 nitrogen and oxygen atoms in total. The minimum absolute atomic E-state index is 0.0977. The zero-order valence-corrected chi connectivity index (χ0v) is 28.1. The van der Waals surface area contributed by atoms with Crippen LogP contribution in [0.5, 0.6) is 0 Å². The Morgan fingerprint density at radius 2 is 1.59 bits per heavy atom. The molecule has 0 aliphatic heterocycles. The molecule has 224 valence electrons. The van der Waals surface area contributed by atoms with Gasteiger partial charge in [-0.15, -0.1) is 0 Å². The van der Waals surface area contributed by atoms with Crippen molar-refractivity contribution in [3.05, 3.63) is 93.3 Å². The van der Waals surface area contributed by atoms with Crippen molar-refractivity contribution in [2.45, 2.75) is 120 Å². The number of rotatable bonds is 8. The second-order valence-electron chi connectivity index (χ2n) is 13.7. The average molecular weight is 555 g/mol. The molecule has 0 spiro atoms. The number of benzene rings is 2. The Morgan fingerprint density at radius 1 is 1.00 bits per heavy atom. The van der Waals surface area contributed by atoms with E-state index in [9.17, 15) is 0 Å². The van der Waals surface area contributed by atoms with E-state index < -0.39 is 0 Å². The average Bonchev–Trinajstić information content (AvgIpc) is 3.35. The Morgan fingerprint density at radius 3 is 2.15 bits per heavy atom. The molecule has 3 N–H and O–H groups in total. The molecule has 0 bridgehead atoms. The van der Waals surface area contributed by atoms with Gasteiger partial charge in [0.15, 0.2) is 0 Å². The fraction of sp³-hybridized carbons (Fsp3) is 0.538. The minimum Gasteiger partial charge on any atom is -0.401 e. The van der Waals surface area contributed by atoms with E-state index in [2.05, 4.69) is 109 Å². The van der Waals surface area contributed by atoms with Gasteiger partial charge in [-0.25, -0.2) is 0 Å². The van der Waals surface area contributed by atoms with E-state index in [-0.39, 0.29) is 5.41 Å². The number of nitrogens with one attached hydrogen (secondary N) is 1. The highest BCUT2D eigenvalue weighted by molar-refractivity contribution is 5.85. The van der Waals surface area contributed by atoms with Gasteiger partial charge < -0.3 is 11.1 Å². The van der Waals surface area contributed by atoms with Crippen LogP contribution in [0.1, 0.15) is 127 Å². The van der Waals surface area contributed by atoms with Crippen molar-refractivity contribution in [1.29, 1.82) is 0 Å². The lowest BCUT2D eigenvalue weighted by Crippen LogP contribution is -2.26. The first-order chi connectivity index (χ1) is 19.3. The van der Waals surface area contributed by atoms with Gasteiger partial charge in [0.1, 0.15) is 0 Å². The topological polar surface area (TPSA) is 38.0 Å². The van der Waals surface area contributed by atoms with Crippen molar-refractivity contribution in [2.75, 3.05) is 0 Å². The van der Waals surface area contributed by atoms with Gasteiger partial charge in [-0.2, -0.15) is 0 Å². The van der Waals surface area contributed by atoms with Crippen molar-refractivity contribution in [3.63, 3.8) is 0 Å². The summed E-state index contributed by atoms with van der Waals surface area (Å²) in [5.74, 6) is 1.11. The summed E-state index contributed by atoms with van der Waals surface area (Å²) in [6, 6.07) is 13.4. The lowest BCUT2D eigenvalue weighted by Gasteiger charge is -2.34. The van der Waals surface area contributed by atoms with Gasteiger partial charge in [0, 0.05) is 22.5 Å². The molecule has 1 saturated carbocycles. The summed E-state index contributed by atoms with van der Waals surface area (Å²) in [4.78, 5) is 0. The smallest absolute Gasteiger partial charge is 0.0651 e. The zero-order chi connectivity index (χ0) is 30.5. The second-order valence-corrected chi connectivity index (χ2v) is 13.7. The largest absolute Gasteiger partial charge is 0.401 e. The summed E-state index contributed by atoms with van der Waals surface area (Å²) < 4.78 is 0. The normalized spacial score (nSPS) is 19.2. The van der Waals surface area contributed by atoms with Crippen molar-refractivity contribution in [3.8, 4) is 0 Å². The molecule has 1 unspecified atom stereocenters. The summed E-state index contributed by atoms with van der Waals surface area (Å²) >= 11 is 0. The molecule has 4 rings (SSSR count). The molecule has 0 saturated heterocycles. The molecule has 2 aliphatic rings. The zero-order valence-electron chi connectivity index (χ0n) is 28.1. The molecule has 41 heavy (non-hydrogen) atoms. The van der Waals surface area contributed by atoms with E-state index in [4.69, 9.17) is 5.73 Å². The van der Waals surface area contributed by atoms with Gasteiger partial charge in [0.25, 0.3) is 0 Å². The maximum absolute atomic E-state index is 6.58. The Bertz CT molecular complexity index is 1270. The van der Waals surface area contributed by atoms with Crippen molar-refractivity contribution >= 4 is 11.3 Å². The first kappa shape index (κ1) is 32.8. The molecule has 2 aromatic carbocycles. The molecule has 0 amide bonds. The van der Waals surface area contributed by atoms with E-state index in [1.807, 2.05) is 20.8 Å². The quantitative estimate of drug-likeness (QED) is 0.340. The van der Waals surface area contributed by atoms with E-state index in [0.29, 0.717) is 17.3 Å². The highest BCUT2D eigenvalue weighted by Gasteiger charge is 2.33. The summed E-state index contributed by atoms with van der Waals surface area (Å²) in [7, 11) is 0. The monoisotopic (exact) mass is 554 g/mol. The SMILES string of the molecule is C/C(N)=C(/NC1=CCC(CC2(C)CCCC2)C=C1c1cccc(C(C)(C)C(C)C)c1C)c1c(C)cccc1C.CC. The van der Waals surface area contributed by atoms with Crippen molar-refractivity contribution in [2.24, 2.45) is 23.0 Å². The molecule has 1 fully saturated rings. The molecule has 2 heteroatoms. The third kappa shape index (κ3) is 7.19. The van der Waals surface area contributed by atoms with E-state index >= 15 is 0 Å². The van der Waals surface area contributed by atoms with Crippen LogP contribution in [-0.4, -0.2) is 0 Å². The lowest BCUT2D eigenvalue weighted by atomic mass is 9.71. The number of nitrogens with two attached hydrogens (primary N) is 1. The fourth-order valence-corrected chi connectivity index (χ4v) is 6.97. The first-order valence-electron chi connectivity index (χ1n) is 16.2. The van der Waals surface area contributed by atoms with Crippen LogP contribution in [0.15, 0.2) is 59.9 Å². The number of hydrogen-bond donors (Lipinski definition) is 2. The van der Waals surface area contributed by atoms with Crippen LogP contribution in [0.4, 0.5) is 0 Å². The van der Waals surface area contributed by atoms with Crippen LogP contribution < -0.4 is 11.1 Å². The molecule has 0 radical (unpaired) electrons. The summed E-state index contributed by atoms with van der Waals surface area (Å²) in [5, 5.41) is 3.88. The third-order valence-corrected chi connectivity index (χ3v) is 10.0. The van der Waals surface area contributed by atoms with E-state index in [1.165, 1.54) is 76.8 Å². The highest BCUT2D eigenvalue weighted by Crippen LogP contribution is 2.46. The van der Waals surface area contributed by atoms with E-state index in [1.54, 1.807) is 0 Å². The fourth-order valence-electron chi connectivity index (χ4n) is 6.97. The Labute approximate surface area is 252 Å². The molecule has 0 heterocycles. The lowest BCUT2D eigenvalue weighted by molar-refractivity contribution is 0.269. The Hall–Kier alpha value is -2.74. The number of hydrogen-bond acceptors (Lipinski definition) is 2. The van der Waals surface area contributed by atoms with Crippen LogP contribution in [0.2, 0.25) is 0 Å². The van der Waals surface area contributed by atoms with Crippen LogP contribution in [0, 0.1) is 38.0 Å². The van der Waals surface area contributed by atoms with Gasteiger partial charge in [-0.05, 0) is 104 Å². The van der Waals surface area contributed by atoms with Crippen molar-refractivity contribution in [1.82, 2.24) is 5.32 Å². The van der Waals surface area contributed by atoms with Gasteiger partial charge in [0.05, 0.1) is 5.70 Å². The maximum atomic E-state index is 6.58. The van der Waals surface area contributed by atoms with Crippen LogP contribution in [-0.2, 0) is 5.41 Å². The Kier molecular flexibility index (Phi) is 10.8. The van der Waals surface area contributed by atoms with Crippen molar-refractivity contribution < 1.29 is 0 Å². The third-order valence-electron chi connectivity index (χ3n) is 10.0. The van der Waals surface area contributed by atoms with Crippen LogP contribution in [0.3, 0.4) is 0 Å². The maximum Gasteiger partial charge on any atom is 0.0651 e. The predicted octanol–water partition coefficient (Wildman–Crippen LogP) is 10.8. The molecule has 0 aromatic heterocycles. The Balaban J connectivity index is 0.00000226. The van der Waals surface area contributed by atoms with Crippen LogP contribution >= 0.6 is 0 Å². The van der Waals surface area contributed by atoms with E-state index in [0.717, 1.165) is 17.8 Å². The molecular formula is C39H58N2. The van der Waals surface area contributed by atoms with Gasteiger partial charge >= 0.3 is 0 Å². The molecular weight excluding hydrogens is 496 g/mol. The molecule has 2 aromatic rings. The number of aryl methyl sites for hydroxylation is 2. The van der Waals surface area contributed by atoms with Gasteiger partial charge in [0.2, 0.25) is 0 Å². The van der Waals surface area contributed by atoms with Gasteiger partial charge in [-0.3, -0.25) is 0 Å². The first-order valence-corrected chi connectivity index (χ1v) is 16.2. The molecule has 1 atom stereocenters. The highest BCUT2D eigenvalue weighted by atomic mass is 14.9. The predicted molar refractivity (Wildman–Crippen MR) is 182 cm³/mol. The summed E-state index contributed by atoms with van der Waals surface area (Å²) in [6.45, 7) is 24.7. The van der Waals surface area contributed by atoms with Gasteiger partial charge in [-0.1, -0.05) is 110 Å². The standard InChI is InChI=1S/C37H52N2.C2H6/c1-24(2)36(7,8)32-17-13-16-30(27(32)5)31-22-29(23-37(9)20-10-11-21-37)18-19-33(31)39-35(28(6)38)34-25(3)14-12-15-26(34)4;1-2/h12-17,19,22,24,29,39H,10-11,18,20-21,23,38H2,1-9H3;1-2H3/b35-28-;. The number of allylic oxidation sites excluding steroid dienone is 4. The minimum atomic E-state index is 0.0977. The second kappa shape index (κ2) is 13.5. The summed E-state index contributed by atoms with van der Waals surface area (Å²) in [5.41, 5.74) is 19.4. The van der Waals surface area contributed by atoms with Crippen LogP contribution in [0.25, 0.3) is 11.3 Å². The molecule has 2 aliphatic carbocycles.